The lowest BCUT2D eigenvalue weighted by Gasteiger charge is -2.42. The minimum atomic E-state index is -0.484. The largest absolute Gasteiger partial charge is 0.460 e. The molecule has 2 aliphatic rings. The lowest BCUT2D eigenvalue weighted by Crippen LogP contribution is -2.48. The molecule has 2 N–H and O–H groups in total. The van der Waals surface area contributed by atoms with Gasteiger partial charge >= 0.3 is 5.97 Å². The van der Waals surface area contributed by atoms with Crippen molar-refractivity contribution in [3.05, 3.63) is 65.4 Å². The van der Waals surface area contributed by atoms with E-state index in [2.05, 4.69) is 45.5 Å². The minimum absolute atomic E-state index is 0.0699. The normalized spacial score (nSPS) is 17.5. The summed E-state index contributed by atoms with van der Waals surface area (Å²) in [6, 6.07) is 14.9. The van der Waals surface area contributed by atoms with Crippen LogP contribution in [0.4, 0.5) is 5.69 Å². The number of fused-ring (bicyclic) bond motifs is 1. The molecule has 0 spiro atoms. The number of para-hydroxylation sites is 1. The molecule has 6 nitrogen and oxygen atoms in total. The van der Waals surface area contributed by atoms with Gasteiger partial charge < -0.3 is 19.9 Å². The summed E-state index contributed by atoms with van der Waals surface area (Å²) in [6.07, 6.45) is 12.4. The molecular formula is C34H45N3O3. The van der Waals surface area contributed by atoms with E-state index in [1.165, 1.54) is 36.9 Å². The van der Waals surface area contributed by atoms with E-state index in [0.717, 1.165) is 60.8 Å². The number of carbonyl (C=O) groups excluding carboxylic acids is 2. The third kappa shape index (κ3) is 6.71. The van der Waals surface area contributed by atoms with Crippen molar-refractivity contribution in [3.8, 4) is 0 Å². The smallest absolute Gasteiger partial charge is 0.306 e. The number of anilines is 1. The number of benzene rings is 2. The second kappa shape index (κ2) is 12.1. The van der Waals surface area contributed by atoms with Crippen LogP contribution in [0.1, 0.15) is 95.2 Å². The highest BCUT2D eigenvalue weighted by molar-refractivity contribution is 5.87. The van der Waals surface area contributed by atoms with Crippen molar-refractivity contribution < 1.29 is 14.3 Å². The molecule has 0 atom stereocenters. The van der Waals surface area contributed by atoms with Crippen molar-refractivity contribution in [2.45, 2.75) is 103 Å². The van der Waals surface area contributed by atoms with Gasteiger partial charge in [-0.15, -0.1) is 0 Å². The number of rotatable bonds is 8. The van der Waals surface area contributed by atoms with E-state index in [1.54, 1.807) is 0 Å². The maximum Gasteiger partial charge on any atom is 0.306 e. The van der Waals surface area contributed by atoms with E-state index >= 15 is 0 Å². The summed E-state index contributed by atoms with van der Waals surface area (Å²) in [7, 11) is 0. The number of aromatic nitrogens is 1. The fourth-order valence-corrected chi connectivity index (χ4v) is 6.57. The van der Waals surface area contributed by atoms with E-state index in [9.17, 15) is 9.59 Å². The first kappa shape index (κ1) is 28.3. The molecule has 1 aliphatic heterocycles. The van der Waals surface area contributed by atoms with E-state index < -0.39 is 5.60 Å². The number of aromatic amines is 1. The predicted octanol–water partition coefficient (Wildman–Crippen LogP) is 6.95. The first-order valence-corrected chi connectivity index (χ1v) is 15.2. The Labute approximate surface area is 238 Å². The lowest BCUT2D eigenvalue weighted by molar-refractivity contribution is -0.154. The number of carbonyl (C=O) groups is 2. The number of nitrogens with one attached hydrogen (secondary N) is 2. The average molecular weight is 544 g/mol. The van der Waals surface area contributed by atoms with Gasteiger partial charge in [0.1, 0.15) is 5.60 Å². The Morgan fingerprint density at radius 3 is 2.45 bits per heavy atom. The number of H-pyrrole nitrogens is 1. The molecule has 0 bridgehead atoms. The predicted molar refractivity (Wildman–Crippen MR) is 162 cm³/mol. The molecule has 5 rings (SSSR count). The third-order valence-electron chi connectivity index (χ3n) is 8.42. The second-order valence-electron chi connectivity index (χ2n) is 12.7. The van der Waals surface area contributed by atoms with Crippen LogP contribution in [0.2, 0.25) is 0 Å². The van der Waals surface area contributed by atoms with Gasteiger partial charge in [-0.3, -0.25) is 9.59 Å². The molecular weight excluding hydrogens is 498 g/mol. The number of nitrogens with zero attached hydrogens (tertiary/aromatic N) is 1. The van der Waals surface area contributed by atoms with Crippen LogP contribution in [0.5, 0.6) is 0 Å². The number of aryl methyl sites for hydroxylation is 1. The van der Waals surface area contributed by atoms with Crippen LogP contribution in [0.25, 0.3) is 10.9 Å². The Balaban J connectivity index is 1.32. The number of ether oxygens (including phenoxy) is 1. The van der Waals surface area contributed by atoms with E-state index in [-0.39, 0.29) is 17.4 Å². The van der Waals surface area contributed by atoms with Gasteiger partial charge in [0.05, 0.1) is 12.0 Å². The topological polar surface area (TPSA) is 74.4 Å². The van der Waals surface area contributed by atoms with Gasteiger partial charge in [-0.2, -0.15) is 0 Å². The first-order valence-electron chi connectivity index (χ1n) is 15.2. The van der Waals surface area contributed by atoms with Gasteiger partial charge in [0.2, 0.25) is 5.91 Å². The summed E-state index contributed by atoms with van der Waals surface area (Å²) in [5, 5.41) is 4.63. The zero-order valence-electron chi connectivity index (χ0n) is 24.5. The summed E-state index contributed by atoms with van der Waals surface area (Å²) in [5.74, 6) is -0.125. The Kier molecular flexibility index (Phi) is 8.53. The van der Waals surface area contributed by atoms with Gasteiger partial charge in [-0.25, -0.2) is 0 Å². The maximum absolute atomic E-state index is 13.7. The maximum atomic E-state index is 13.7. The lowest BCUT2D eigenvalue weighted by atomic mass is 9.75. The zero-order chi connectivity index (χ0) is 28.2. The standard InChI is InChI=1S/C34H45N3O3/c1-33(2,3)40-32(39)17-15-26-24-35-29-16-14-25(22-27(26)29)23-31(38)36-34(18-8-4-9-19-34)28-12-6-7-13-30(28)37-20-10-5-11-21-37/h6-7,12-14,16,22,24,35H,4-5,8-11,15,17-21,23H2,1-3H3,(H,36,38). The van der Waals surface area contributed by atoms with Crippen LogP contribution in [0.3, 0.4) is 0 Å². The van der Waals surface area contributed by atoms with Crippen LogP contribution in [0.15, 0.2) is 48.7 Å². The van der Waals surface area contributed by atoms with Crippen molar-refractivity contribution in [3.63, 3.8) is 0 Å². The number of hydrogen-bond donors (Lipinski definition) is 2. The van der Waals surface area contributed by atoms with Crippen molar-refractivity contribution in [2.75, 3.05) is 18.0 Å². The molecule has 0 radical (unpaired) electrons. The third-order valence-corrected chi connectivity index (χ3v) is 8.42. The van der Waals surface area contributed by atoms with Gasteiger partial charge in [0, 0.05) is 47.9 Å². The van der Waals surface area contributed by atoms with E-state index in [4.69, 9.17) is 4.74 Å². The Morgan fingerprint density at radius 1 is 0.975 bits per heavy atom. The number of esters is 1. The summed E-state index contributed by atoms with van der Waals surface area (Å²) >= 11 is 0. The van der Waals surface area contributed by atoms with Crippen LogP contribution >= 0.6 is 0 Å². The molecule has 2 heterocycles. The molecule has 1 aromatic heterocycles. The summed E-state index contributed by atoms with van der Waals surface area (Å²) in [5.41, 5.74) is 4.86. The highest BCUT2D eigenvalue weighted by atomic mass is 16.6. The van der Waals surface area contributed by atoms with Gasteiger partial charge in [-0.1, -0.05) is 43.5 Å². The molecule has 1 aliphatic carbocycles. The van der Waals surface area contributed by atoms with Crippen molar-refractivity contribution in [1.29, 1.82) is 0 Å². The highest BCUT2D eigenvalue weighted by Crippen LogP contribution is 2.42. The van der Waals surface area contributed by atoms with Crippen molar-refractivity contribution >= 4 is 28.5 Å². The Morgan fingerprint density at radius 2 is 1.70 bits per heavy atom. The van der Waals surface area contributed by atoms with Gasteiger partial charge in [0.25, 0.3) is 0 Å². The molecule has 2 fully saturated rings. The quantitative estimate of drug-likeness (QED) is 0.302. The average Bonchev–Trinajstić information content (AvgIpc) is 3.34. The zero-order valence-corrected chi connectivity index (χ0v) is 24.5. The van der Waals surface area contributed by atoms with E-state index in [1.807, 2.05) is 39.1 Å². The molecule has 1 amide bonds. The summed E-state index contributed by atoms with van der Waals surface area (Å²) < 4.78 is 5.48. The Hall–Kier alpha value is -3.28. The van der Waals surface area contributed by atoms with Crippen LogP contribution in [-0.2, 0) is 32.7 Å². The number of piperidine rings is 1. The second-order valence-corrected chi connectivity index (χ2v) is 12.7. The van der Waals surface area contributed by atoms with Gasteiger partial charge in [0.15, 0.2) is 0 Å². The highest BCUT2D eigenvalue weighted by Gasteiger charge is 2.38. The van der Waals surface area contributed by atoms with Crippen molar-refractivity contribution in [2.24, 2.45) is 0 Å². The fraction of sp³-hybridized carbons (Fsp3) is 0.529. The Bertz CT molecular complexity index is 1320. The molecule has 0 unspecified atom stereocenters. The molecule has 1 saturated carbocycles. The molecule has 40 heavy (non-hydrogen) atoms. The number of amides is 1. The molecule has 1 saturated heterocycles. The fourth-order valence-electron chi connectivity index (χ4n) is 6.57. The first-order chi connectivity index (χ1) is 19.2. The van der Waals surface area contributed by atoms with E-state index in [0.29, 0.717) is 19.3 Å². The SMILES string of the molecule is CC(C)(C)OC(=O)CCc1c[nH]c2ccc(CC(=O)NC3(c4ccccc4N4CCCCC4)CCCCC3)cc12. The number of hydrogen-bond acceptors (Lipinski definition) is 4. The van der Waals surface area contributed by atoms with Crippen LogP contribution in [0, 0.1) is 0 Å². The van der Waals surface area contributed by atoms with Gasteiger partial charge in [-0.05, 0) is 88.6 Å². The van der Waals surface area contributed by atoms with Crippen LogP contribution in [-0.4, -0.2) is 35.6 Å². The monoisotopic (exact) mass is 543 g/mol. The molecule has 2 aromatic carbocycles. The van der Waals surface area contributed by atoms with Crippen molar-refractivity contribution in [1.82, 2.24) is 10.3 Å². The molecule has 6 heteroatoms. The summed E-state index contributed by atoms with van der Waals surface area (Å²) in [4.78, 5) is 31.8. The molecule has 214 valence electrons. The molecule has 3 aromatic rings. The summed E-state index contributed by atoms with van der Waals surface area (Å²) in [6.45, 7) is 7.84. The minimum Gasteiger partial charge on any atom is -0.460 e. The van der Waals surface area contributed by atoms with Crippen LogP contribution < -0.4 is 10.2 Å².